The van der Waals surface area contributed by atoms with Crippen LogP contribution in [0.4, 0.5) is 19.1 Å². The number of halogens is 3. The van der Waals surface area contributed by atoms with E-state index >= 15 is 0 Å². The molecule has 3 heterocycles. The van der Waals surface area contributed by atoms with Crippen molar-refractivity contribution in [2.24, 2.45) is 0 Å². The number of carbonyl (C=O) groups excluding carboxylic acids is 1. The number of hydrogen-bond acceptors (Lipinski definition) is 5. The molecule has 1 saturated heterocycles. The summed E-state index contributed by atoms with van der Waals surface area (Å²) in [5, 5.41) is 0. The highest BCUT2D eigenvalue weighted by Gasteiger charge is 2.30. The van der Waals surface area contributed by atoms with Crippen molar-refractivity contribution < 1.29 is 22.7 Å². The van der Waals surface area contributed by atoms with Crippen molar-refractivity contribution in [2.45, 2.75) is 32.2 Å². The zero-order chi connectivity index (χ0) is 23.7. The van der Waals surface area contributed by atoms with E-state index in [1.54, 1.807) is 12.1 Å². The number of aromatic nitrogens is 2. The van der Waals surface area contributed by atoms with Crippen LogP contribution in [0.15, 0.2) is 42.5 Å². The van der Waals surface area contributed by atoms with Crippen LogP contribution in [-0.4, -0.2) is 40.4 Å². The summed E-state index contributed by atoms with van der Waals surface area (Å²) in [6.07, 6.45) is 3.63. The first-order chi connectivity index (χ1) is 16.5. The Balaban J connectivity index is 1.50. The van der Waals surface area contributed by atoms with Gasteiger partial charge in [0.15, 0.2) is 11.6 Å². The van der Waals surface area contributed by atoms with Gasteiger partial charge in [0.25, 0.3) is 5.91 Å². The molecule has 1 fully saturated rings. The van der Waals surface area contributed by atoms with Crippen LogP contribution in [0.25, 0.3) is 0 Å². The summed E-state index contributed by atoms with van der Waals surface area (Å²) in [7, 11) is 0. The van der Waals surface area contributed by atoms with Gasteiger partial charge in [-0.05, 0) is 43.5 Å². The molecular weight excluding hydrogens is 445 g/mol. The molecule has 3 aromatic rings. The summed E-state index contributed by atoms with van der Waals surface area (Å²) in [5.74, 6) is -2.07. The lowest BCUT2D eigenvalue weighted by atomic mass is 10.0. The Bertz CT molecular complexity index is 1230. The molecule has 2 aliphatic heterocycles. The summed E-state index contributed by atoms with van der Waals surface area (Å²) >= 11 is 0. The van der Waals surface area contributed by atoms with Gasteiger partial charge < -0.3 is 14.5 Å². The van der Waals surface area contributed by atoms with Gasteiger partial charge in [-0.15, -0.1) is 0 Å². The molecule has 0 unspecified atom stereocenters. The van der Waals surface area contributed by atoms with Gasteiger partial charge >= 0.3 is 0 Å². The monoisotopic (exact) mass is 468 g/mol. The Labute approximate surface area is 195 Å². The zero-order valence-corrected chi connectivity index (χ0v) is 18.4. The maximum Gasteiger partial charge on any atom is 0.257 e. The van der Waals surface area contributed by atoms with Gasteiger partial charge in [-0.1, -0.05) is 12.1 Å². The van der Waals surface area contributed by atoms with E-state index in [4.69, 9.17) is 9.72 Å². The average molecular weight is 468 g/mol. The molecule has 0 radical (unpaired) electrons. The van der Waals surface area contributed by atoms with Crippen molar-refractivity contribution in [3.8, 4) is 11.6 Å². The number of piperidine rings is 1. The number of carbonyl (C=O) groups is 1. The maximum absolute atomic E-state index is 14.4. The predicted octanol–water partition coefficient (Wildman–Crippen LogP) is 4.88. The first-order valence-electron chi connectivity index (χ1n) is 11.3. The number of rotatable bonds is 4. The van der Waals surface area contributed by atoms with E-state index in [0.717, 1.165) is 44.5 Å². The molecule has 0 atom stereocenters. The molecule has 0 aliphatic carbocycles. The van der Waals surface area contributed by atoms with E-state index in [1.807, 2.05) is 0 Å². The molecule has 2 aromatic carbocycles. The smallest absolute Gasteiger partial charge is 0.257 e. The standard InChI is InChI=1S/C25H23F3N4O2/c26-16-8-9-17(20(28)14-16)24(33)32-13-10-21-18(15-32)23(34-22-7-3-2-6-19(22)27)30-25(29-21)31-11-4-1-5-12-31/h2-3,6-9,14H,1,4-5,10-13,15H2. The van der Waals surface area contributed by atoms with Crippen LogP contribution < -0.4 is 9.64 Å². The molecule has 5 rings (SSSR count). The topological polar surface area (TPSA) is 58.6 Å². The third-order valence-corrected chi connectivity index (χ3v) is 6.14. The minimum absolute atomic E-state index is 0.0148. The molecule has 0 bridgehead atoms. The van der Waals surface area contributed by atoms with Gasteiger partial charge in [0.2, 0.25) is 11.8 Å². The van der Waals surface area contributed by atoms with Crippen molar-refractivity contribution in [1.82, 2.24) is 14.9 Å². The number of fused-ring (bicyclic) bond motifs is 1. The van der Waals surface area contributed by atoms with E-state index in [-0.39, 0.29) is 23.7 Å². The second-order valence-corrected chi connectivity index (χ2v) is 8.44. The zero-order valence-electron chi connectivity index (χ0n) is 18.4. The molecular formula is C25H23F3N4O2. The van der Waals surface area contributed by atoms with Crippen molar-refractivity contribution in [3.05, 3.63) is 76.7 Å². The summed E-state index contributed by atoms with van der Waals surface area (Å²) in [6.45, 7) is 2.02. The van der Waals surface area contributed by atoms with Gasteiger partial charge in [-0.2, -0.15) is 4.98 Å². The highest BCUT2D eigenvalue weighted by molar-refractivity contribution is 5.94. The molecule has 2 aliphatic rings. The van der Waals surface area contributed by atoms with Gasteiger partial charge in [0.05, 0.1) is 23.4 Å². The Morgan fingerprint density at radius 3 is 2.47 bits per heavy atom. The van der Waals surface area contributed by atoms with Crippen LogP contribution in [0.5, 0.6) is 11.6 Å². The lowest BCUT2D eigenvalue weighted by Crippen LogP contribution is -2.38. The largest absolute Gasteiger partial charge is 0.435 e. The van der Waals surface area contributed by atoms with E-state index in [0.29, 0.717) is 36.2 Å². The van der Waals surface area contributed by atoms with Crippen molar-refractivity contribution in [2.75, 3.05) is 24.5 Å². The maximum atomic E-state index is 14.4. The van der Waals surface area contributed by atoms with Crippen LogP contribution in [0.2, 0.25) is 0 Å². The summed E-state index contributed by atoms with van der Waals surface area (Å²) < 4.78 is 47.8. The lowest BCUT2D eigenvalue weighted by molar-refractivity contribution is 0.0727. The first kappa shape index (κ1) is 22.2. The van der Waals surface area contributed by atoms with Crippen LogP contribution in [-0.2, 0) is 13.0 Å². The minimum atomic E-state index is -0.921. The molecule has 6 nitrogen and oxygen atoms in total. The van der Waals surface area contributed by atoms with E-state index < -0.39 is 23.4 Å². The van der Waals surface area contributed by atoms with Crippen LogP contribution >= 0.6 is 0 Å². The van der Waals surface area contributed by atoms with Crippen molar-refractivity contribution >= 4 is 11.9 Å². The Morgan fingerprint density at radius 2 is 1.71 bits per heavy atom. The number of anilines is 1. The van der Waals surface area contributed by atoms with Crippen molar-refractivity contribution in [1.29, 1.82) is 0 Å². The minimum Gasteiger partial charge on any atom is -0.435 e. The number of benzene rings is 2. The van der Waals surface area contributed by atoms with E-state index in [9.17, 15) is 18.0 Å². The summed E-state index contributed by atoms with van der Waals surface area (Å²) in [5.41, 5.74) is 1.05. The van der Waals surface area contributed by atoms with Crippen LogP contribution in [0, 0.1) is 17.5 Å². The van der Waals surface area contributed by atoms with Crippen LogP contribution in [0.1, 0.15) is 40.9 Å². The number of ether oxygens (including phenoxy) is 1. The Morgan fingerprint density at radius 1 is 0.912 bits per heavy atom. The molecule has 0 spiro atoms. The van der Waals surface area contributed by atoms with Crippen LogP contribution in [0.3, 0.4) is 0 Å². The van der Waals surface area contributed by atoms with Gasteiger partial charge in [-0.3, -0.25) is 4.79 Å². The molecule has 176 valence electrons. The molecule has 0 N–H and O–H groups in total. The first-order valence-corrected chi connectivity index (χ1v) is 11.3. The fourth-order valence-electron chi connectivity index (χ4n) is 4.33. The number of para-hydroxylation sites is 1. The number of amides is 1. The van der Waals surface area contributed by atoms with Gasteiger partial charge in [0, 0.05) is 32.1 Å². The summed E-state index contributed by atoms with van der Waals surface area (Å²) in [4.78, 5) is 25.9. The highest BCUT2D eigenvalue weighted by Crippen LogP contribution is 2.33. The van der Waals surface area contributed by atoms with Crippen molar-refractivity contribution in [3.63, 3.8) is 0 Å². The van der Waals surface area contributed by atoms with Gasteiger partial charge in [-0.25, -0.2) is 18.2 Å². The molecule has 9 heteroatoms. The predicted molar refractivity (Wildman–Crippen MR) is 119 cm³/mol. The average Bonchev–Trinajstić information content (AvgIpc) is 2.85. The SMILES string of the molecule is O=C(c1ccc(F)cc1F)N1CCc2nc(N3CCCCC3)nc(Oc3ccccc3F)c2C1. The number of nitrogens with zero attached hydrogens (tertiary/aromatic N) is 4. The summed E-state index contributed by atoms with van der Waals surface area (Å²) in [6, 6.07) is 8.89. The van der Waals surface area contributed by atoms with E-state index in [1.165, 1.54) is 17.0 Å². The quantitative estimate of drug-likeness (QED) is 0.547. The fourth-order valence-corrected chi connectivity index (χ4v) is 4.33. The highest BCUT2D eigenvalue weighted by atomic mass is 19.1. The third kappa shape index (κ3) is 4.42. The Kier molecular flexibility index (Phi) is 6.08. The third-order valence-electron chi connectivity index (χ3n) is 6.14. The van der Waals surface area contributed by atoms with Gasteiger partial charge in [0.1, 0.15) is 11.6 Å². The molecule has 1 amide bonds. The number of hydrogen-bond donors (Lipinski definition) is 0. The molecule has 1 aromatic heterocycles. The fraction of sp³-hybridized carbons (Fsp3) is 0.320. The Hall–Kier alpha value is -3.62. The normalized spacial score (nSPS) is 15.7. The van der Waals surface area contributed by atoms with E-state index in [2.05, 4.69) is 9.88 Å². The second kappa shape index (κ2) is 9.32. The second-order valence-electron chi connectivity index (χ2n) is 8.44. The lowest BCUT2D eigenvalue weighted by Gasteiger charge is -2.32. The molecule has 34 heavy (non-hydrogen) atoms. The molecule has 0 saturated carbocycles.